The Morgan fingerprint density at radius 3 is 2.00 bits per heavy atom. The molecular weight excluding hydrogens is 176 g/mol. The number of hydrogen-bond donors (Lipinski definition) is 2. The third kappa shape index (κ3) is 5.19. The van der Waals surface area contributed by atoms with Crippen molar-refractivity contribution >= 4 is 11.9 Å². The van der Waals surface area contributed by atoms with Crippen LogP contribution < -0.4 is 0 Å². The van der Waals surface area contributed by atoms with Gasteiger partial charge in [-0.25, -0.2) is 0 Å². The minimum absolute atomic E-state index is 0.0776. The highest BCUT2D eigenvalue weighted by molar-refractivity contribution is 5.69. The first-order valence-electron chi connectivity index (χ1n) is 3.93. The van der Waals surface area contributed by atoms with Crippen molar-refractivity contribution in [3.63, 3.8) is 0 Å². The molecule has 5 nitrogen and oxygen atoms in total. The van der Waals surface area contributed by atoms with Crippen LogP contribution in [0.15, 0.2) is 0 Å². The van der Waals surface area contributed by atoms with E-state index in [-0.39, 0.29) is 18.8 Å². The second kappa shape index (κ2) is 5.53. The number of carboxylic acid groups (broad SMARTS) is 2. The van der Waals surface area contributed by atoms with Gasteiger partial charge in [0.05, 0.1) is 18.9 Å². The minimum atomic E-state index is -0.982. The Labute approximate surface area is 76.3 Å². The zero-order valence-corrected chi connectivity index (χ0v) is 7.69. The molecule has 0 heterocycles. The van der Waals surface area contributed by atoms with E-state index in [4.69, 9.17) is 14.9 Å². The fourth-order valence-corrected chi connectivity index (χ4v) is 1.10. The van der Waals surface area contributed by atoms with Gasteiger partial charge in [0.25, 0.3) is 0 Å². The molecule has 0 bridgehead atoms. The molecule has 0 fully saturated rings. The zero-order valence-electron chi connectivity index (χ0n) is 7.69. The maximum Gasteiger partial charge on any atom is 0.305 e. The van der Waals surface area contributed by atoms with E-state index in [0.717, 1.165) is 0 Å². The molecule has 0 aliphatic carbocycles. The largest absolute Gasteiger partial charge is 0.481 e. The van der Waals surface area contributed by atoms with E-state index in [1.165, 1.54) is 7.11 Å². The van der Waals surface area contributed by atoms with E-state index >= 15 is 0 Å². The van der Waals surface area contributed by atoms with E-state index in [9.17, 15) is 9.59 Å². The lowest BCUT2D eigenvalue weighted by Gasteiger charge is -2.18. The van der Waals surface area contributed by atoms with Gasteiger partial charge in [-0.05, 0) is 5.92 Å². The van der Waals surface area contributed by atoms with Crippen LogP contribution in [-0.4, -0.2) is 35.4 Å². The standard InChI is InChI=1S/C8H14O5/c1-5(3-7(9)10)6(13-2)4-8(11)12/h5-6H,3-4H2,1-2H3,(H,9,10)(H,11,12). The lowest BCUT2D eigenvalue weighted by Crippen LogP contribution is -2.25. The van der Waals surface area contributed by atoms with Gasteiger partial charge in [-0.2, -0.15) is 0 Å². The van der Waals surface area contributed by atoms with E-state index in [0.29, 0.717) is 0 Å². The van der Waals surface area contributed by atoms with Crippen LogP contribution in [0, 0.1) is 5.92 Å². The Bertz CT molecular complexity index is 189. The van der Waals surface area contributed by atoms with Gasteiger partial charge in [-0.3, -0.25) is 9.59 Å². The molecule has 2 N–H and O–H groups in total. The van der Waals surface area contributed by atoms with Crippen LogP contribution >= 0.6 is 0 Å². The lowest BCUT2D eigenvalue weighted by atomic mass is 9.98. The monoisotopic (exact) mass is 190 g/mol. The summed E-state index contributed by atoms with van der Waals surface area (Å²) in [6.07, 6.45) is -0.773. The molecule has 0 aromatic rings. The second-order valence-electron chi connectivity index (χ2n) is 2.95. The molecule has 0 amide bonds. The summed E-state index contributed by atoms with van der Waals surface area (Å²) in [5.74, 6) is -2.22. The summed E-state index contributed by atoms with van der Waals surface area (Å²) in [6.45, 7) is 1.66. The van der Waals surface area contributed by atoms with E-state index < -0.39 is 18.0 Å². The van der Waals surface area contributed by atoms with Gasteiger partial charge < -0.3 is 14.9 Å². The molecule has 13 heavy (non-hydrogen) atoms. The molecule has 0 rings (SSSR count). The number of rotatable bonds is 6. The van der Waals surface area contributed by atoms with Crippen molar-refractivity contribution in [2.24, 2.45) is 5.92 Å². The average molecular weight is 190 g/mol. The van der Waals surface area contributed by atoms with Crippen LogP contribution in [0.5, 0.6) is 0 Å². The van der Waals surface area contributed by atoms with Gasteiger partial charge in [0.1, 0.15) is 0 Å². The zero-order chi connectivity index (χ0) is 10.4. The van der Waals surface area contributed by atoms with Crippen LogP contribution in [0.3, 0.4) is 0 Å². The Hall–Kier alpha value is -1.10. The van der Waals surface area contributed by atoms with Crippen molar-refractivity contribution in [3.8, 4) is 0 Å². The molecule has 0 radical (unpaired) electrons. The number of aliphatic carboxylic acids is 2. The lowest BCUT2D eigenvalue weighted by molar-refractivity contribution is -0.144. The fraction of sp³-hybridized carbons (Fsp3) is 0.750. The van der Waals surface area contributed by atoms with Gasteiger partial charge in [0.2, 0.25) is 0 Å². The number of carboxylic acids is 2. The van der Waals surface area contributed by atoms with E-state index in [1.54, 1.807) is 6.92 Å². The highest BCUT2D eigenvalue weighted by Gasteiger charge is 2.21. The van der Waals surface area contributed by atoms with Gasteiger partial charge in [0.15, 0.2) is 0 Å². The minimum Gasteiger partial charge on any atom is -0.481 e. The summed E-state index contributed by atoms with van der Waals surface area (Å²) in [5, 5.41) is 16.9. The van der Waals surface area contributed by atoms with Gasteiger partial charge in [-0.1, -0.05) is 6.92 Å². The molecule has 0 aromatic carbocycles. The number of carbonyl (C=O) groups is 2. The number of methoxy groups -OCH3 is 1. The predicted octanol–water partition coefficient (Wildman–Crippen LogP) is 0.587. The third-order valence-corrected chi connectivity index (χ3v) is 1.81. The first-order chi connectivity index (χ1) is 5.97. The van der Waals surface area contributed by atoms with E-state index in [1.807, 2.05) is 0 Å². The topological polar surface area (TPSA) is 83.8 Å². The van der Waals surface area contributed by atoms with Crippen molar-refractivity contribution in [3.05, 3.63) is 0 Å². The smallest absolute Gasteiger partial charge is 0.305 e. The van der Waals surface area contributed by atoms with Crippen molar-refractivity contribution in [1.29, 1.82) is 0 Å². The fourth-order valence-electron chi connectivity index (χ4n) is 1.10. The number of hydrogen-bond acceptors (Lipinski definition) is 3. The second-order valence-corrected chi connectivity index (χ2v) is 2.95. The van der Waals surface area contributed by atoms with Crippen molar-refractivity contribution in [1.82, 2.24) is 0 Å². The van der Waals surface area contributed by atoms with Crippen LogP contribution in [0.25, 0.3) is 0 Å². The van der Waals surface area contributed by atoms with Gasteiger partial charge >= 0.3 is 11.9 Å². The first kappa shape index (κ1) is 11.9. The number of ether oxygens (including phenoxy) is 1. The Morgan fingerprint density at radius 2 is 1.69 bits per heavy atom. The molecular formula is C8H14O5. The summed E-state index contributed by atoms with van der Waals surface area (Å²) < 4.78 is 4.88. The quantitative estimate of drug-likeness (QED) is 0.640. The third-order valence-electron chi connectivity index (χ3n) is 1.81. The molecule has 2 unspecified atom stereocenters. The molecule has 0 spiro atoms. The average Bonchev–Trinajstić information content (AvgIpc) is 1.98. The summed E-state index contributed by atoms with van der Waals surface area (Å²) in [6, 6.07) is 0. The molecule has 0 aromatic heterocycles. The highest BCUT2D eigenvalue weighted by Crippen LogP contribution is 2.14. The van der Waals surface area contributed by atoms with Crippen LogP contribution in [0.1, 0.15) is 19.8 Å². The summed E-state index contributed by atoms with van der Waals surface area (Å²) >= 11 is 0. The molecule has 0 saturated carbocycles. The highest BCUT2D eigenvalue weighted by atomic mass is 16.5. The van der Waals surface area contributed by atoms with Crippen molar-refractivity contribution < 1.29 is 24.5 Å². The normalized spacial score (nSPS) is 14.9. The predicted molar refractivity (Wildman–Crippen MR) is 44.5 cm³/mol. The summed E-state index contributed by atoms with van der Waals surface area (Å²) in [5.41, 5.74) is 0. The molecule has 0 aliphatic rings. The summed E-state index contributed by atoms with van der Waals surface area (Å²) in [4.78, 5) is 20.6. The summed E-state index contributed by atoms with van der Waals surface area (Å²) in [7, 11) is 1.38. The van der Waals surface area contributed by atoms with Crippen LogP contribution in [0.2, 0.25) is 0 Å². The van der Waals surface area contributed by atoms with Crippen molar-refractivity contribution in [2.45, 2.75) is 25.9 Å². The molecule has 0 saturated heterocycles. The van der Waals surface area contributed by atoms with Gasteiger partial charge in [-0.15, -0.1) is 0 Å². The van der Waals surface area contributed by atoms with Crippen LogP contribution in [0.4, 0.5) is 0 Å². The Balaban J connectivity index is 4.06. The SMILES string of the molecule is COC(CC(=O)O)C(C)CC(=O)O. The van der Waals surface area contributed by atoms with Gasteiger partial charge in [0, 0.05) is 7.11 Å². The van der Waals surface area contributed by atoms with Crippen LogP contribution in [-0.2, 0) is 14.3 Å². The van der Waals surface area contributed by atoms with E-state index in [2.05, 4.69) is 0 Å². The maximum absolute atomic E-state index is 10.3. The molecule has 0 aliphatic heterocycles. The van der Waals surface area contributed by atoms with Crippen molar-refractivity contribution in [2.75, 3.05) is 7.11 Å². The Kier molecular flexibility index (Phi) is 5.06. The maximum atomic E-state index is 10.3. The Morgan fingerprint density at radius 1 is 1.23 bits per heavy atom. The molecule has 76 valence electrons. The molecule has 5 heteroatoms. The molecule has 2 atom stereocenters. The first-order valence-corrected chi connectivity index (χ1v) is 3.93.